The first-order chi connectivity index (χ1) is 16.4. The Hall–Kier alpha value is -2.04. The second-order valence-corrected chi connectivity index (χ2v) is 9.31. The number of hydrogen-bond acceptors (Lipinski definition) is 8. The van der Waals surface area contributed by atoms with Gasteiger partial charge in [-0.15, -0.1) is 0 Å². The van der Waals surface area contributed by atoms with E-state index in [0.717, 1.165) is 25.7 Å². The summed E-state index contributed by atoms with van der Waals surface area (Å²) in [6.45, 7) is 2.61. The van der Waals surface area contributed by atoms with Crippen LogP contribution in [0.1, 0.15) is 32.6 Å². The first kappa shape index (κ1) is 26.6. The van der Waals surface area contributed by atoms with Gasteiger partial charge in [-0.3, -0.25) is 0 Å². The van der Waals surface area contributed by atoms with Crippen LogP contribution < -0.4 is 16.0 Å². The zero-order valence-electron chi connectivity index (χ0n) is 19.7. The number of ether oxygens (including phenoxy) is 1. The molecule has 2 aromatic rings. The fourth-order valence-electron chi connectivity index (χ4n) is 4.17. The summed E-state index contributed by atoms with van der Waals surface area (Å²) >= 11 is 6.40. The largest absolute Gasteiger partial charge is 0.396 e. The summed E-state index contributed by atoms with van der Waals surface area (Å²) in [6, 6.07) is 5.86. The van der Waals surface area contributed by atoms with Gasteiger partial charge in [0, 0.05) is 62.7 Å². The van der Waals surface area contributed by atoms with E-state index in [2.05, 4.69) is 32.8 Å². The molecule has 0 saturated heterocycles. The molecule has 1 fully saturated rings. The molecule has 0 aromatic carbocycles. The summed E-state index contributed by atoms with van der Waals surface area (Å²) in [5, 5.41) is 28.8. The van der Waals surface area contributed by atoms with Gasteiger partial charge in [0.15, 0.2) is 11.6 Å². The maximum atomic E-state index is 14.3. The van der Waals surface area contributed by atoms with Crippen molar-refractivity contribution >= 4 is 23.2 Å². The summed E-state index contributed by atoms with van der Waals surface area (Å²) in [7, 11) is 1.72. The number of nitrogens with one attached hydrogen (secondary N) is 3. The van der Waals surface area contributed by atoms with Gasteiger partial charge >= 0.3 is 0 Å². The van der Waals surface area contributed by atoms with Crippen LogP contribution in [0.25, 0.3) is 11.3 Å². The van der Waals surface area contributed by atoms with Gasteiger partial charge in [-0.1, -0.05) is 11.6 Å². The normalized spacial score (nSPS) is 19.3. The van der Waals surface area contributed by atoms with E-state index in [9.17, 15) is 14.6 Å². The van der Waals surface area contributed by atoms with Crippen LogP contribution in [0, 0.1) is 11.7 Å². The molecule has 0 unspecified atom stereocenters. The highest BCUT2D eigenvalue weighted by molar-refractivity contribution is 6.33. The molecule has 188 valence electrons. The zero-order chi connectivity index (χ0) is 24.5. The molecule has 5 N–H and O–H groups in total. The topological polar surface area (TPSA) is 112 Å². The minimum atomic E-state index is -0.521. The van der Waals surface area contributed by atoms with Gasteiger partial charge < -0.3 is 30.9 Å². The highest BCUT2D eigenvalue weighted by atomic mass is 35.5. The summed E-state index contributed by atoms with van der Waals surface area (Å²) in [5.41, 5.74) is 1.15. The Morgan fingerprint density at radius 2 is 1.88 bits per heavy atom. The fraction of sp³-hybridized carbons (Fsp3) is 0.583. The quantitative estimate of drug-likeness (QED) is 0.305. The molecule has 2 aromatic heterocycles. The molecule has 0 bridgehead atoms. The van der Waals surface area contributed by atoms with E-state index < -0.39 is 11.7 Å². The molecule has 1 aliphatic carbocycles. The number of aromatic nitrogens is 2. The van der Waals surface area contributed by atoms with Gasteiger partial charge in [0.25, 0.3) is 0 Å². The lowest BCUT2D eigenvalue weighted by atomic mass is 9.90. The lowest BCUT2D eigenvalue weighted by Gasteiger charge is -2.31. The molecule has 8 nitrogen and oxygen atoms in total. The van der Waals surface area contributed by atoms with Crippen LogP contribution in [-0.4, -0.2) is 71.8 Å². The van der Waals surface area contributed by atoms with Crippen molar-refractivity contribution in [2.24, 2.45) is 5.92 Å². The van der Waals surface area contributed by atoms with Crippen LogP contribution in [-0.2, 0) is 4.74 Å². The number of pyridine rings is 2. The second-order valence-electron chi connectivity index (χ2n) is 8.90. The first-order valence-electron chi connectivity index (χ1n) is 11.7. The molecule has 0 spiro atoms. The molecule has 2 heterocycles. The Labute approximate surface area is 205 Å². The maximum Gasteiger partial charge on any atom is 0.165 e. The van der Waals surface area contributed by atoms with Crippen LogP contribution >= 0.6 is 11.6 Å². The number of anilines is 2. The minimum Gasteiger partial charge on any atom is -0.396 e. The standard InChI is InChI=1S/C24H35ClFN5O3/c1-15(14-34-2)29-17-3-5-18(6-4-17)30-23-9-19(20(25)11-27-23)22-8-7-21(26)24(31-22)28-10-16(12-32)13-33/h7-9,11,15-18,29,32-33H,3-6,10,12-14H2,1-2H3,(H,27,30)(H,28,31)/t15-,17?,18?/m1/s1. The van der Waals surface area contributed by atoms with Crippen molar-refractivity contribution in [1.29, 1.82) is 0 Å². The number of aliphatic hydroxyl groups excluding tert-OH is 2. The van der Waals surface area contributed by atoms with Crippen molar-refractivity contribution in [2.45, 2.75) is 50.7 Å². The molecule has 0 aliphatic heterocycles. The molecule has 0 amide bonds. The van der Waals surface area contributed by atoms with Crippen molar-refractivity contribution in [2.75, 3.05) is 44.1 Å². The van der Waals surface area contributed by atoms with Crippen molar-refractivity contribution < 1.29 is 19.3 Å². The molecular weight excluding hydrogens is 461 g/mol. The summed E-state index contributed by atoms with van der Waals surface area (Å²) < 4.78 is 19.5. The van der Waals surface area contributed by atoms with E-state index in [-0.39, 0.29) is 25.6 Å². The van der Waals surface area contributed by atoms with Gasteiger partial charge in [-0.2, -0.15) is 0 Å². The smallest absolute Gasteiger partial charge is 0.165 e. The van der Waals surface area contributed by atoms with E-state index in [1.54, 1.807) is 19.4 Å². The van der Waals surface area contributed by atoms with Gasteiger partial charge in [-0.05, 0) is 50.8 Å². The van der Waals surface area contributed by atoms with Crippen LogP contribution in [0.2, 0.25) is 5.02 Å². The molecule has 1 aliphatic rings. The van der Waals surface area contributed by atoms with E-state index in [1.165, 1.54) is 6.07 Å². The summed E-state index contributed by atoms with van der Waals surface area (Å²) in [4.78, 5) is 8.80. The number of rotatable bonds is 12. The molecule has 3 rings (SSSR count). The highest BCUT2D eigenvalue weighted by Gasteiger charge is 2.23. The number of methoxy groups -OCH3 is 1. The predicted molar refractivity (Wildman–Crippen MR) is 133 cm³/mol. The molecular formula is C24H35ClFN5O3. The molecule has 34 heavy (non-hydrogen) atoms. The molecule has 10 heteroatoms. The number of halogens is 2. The third-order valence-electron chi connectivity index (χ3n) is 6.07. The first-order valence-corrected chi connectivity index (χ1v) is 12.1. The van der Waals surface area contributed by atoms with Gasteiger partial charge in [0.05, 0.1) is 17.3 Å². The van der Waals surface area contributed by atoms with Gasteiger partial charge in [-0.25, -0.2) is 14.4 Å². The summed E-state index contributed by atoms with van der Waals surface area (Å²) in [6.07, 6.45) is 5.77. The van der Waals surface area contributed by atoms with Crippen molar-refractivity contribution in [3.63, 3.8) is 0 Å². The van der Waals surface area contributed by atoms with E-state index >= 15 is 0 Å². The average molecular weight is 496 g/mol. The molecule has 0 radical (unpaired) electrons. The maximum absolute atomic E-state index is 14.3. The lowest BCUT2D eigenvalue weighted by Crippen LogP contribution is -2.42. The Bertz CT molecular complexity index is 910. The predicted octanol–water partition coefficient (Wildman–Crippen LogP) is 3.30. The third-order valence-corrected chi connectivity index (χ3v) is 6.37. The Balaban J connectivity index is 1.65. The number of hydrogen-bond donors (Lipinski definition) is 5. The highest BCUT2D eigenvalue weighted by Crippen LogP contribution is 2.31. The SMILES string of the molecule is COC[C@@H](C)NC1CCC(Nc2cc(-c3ccc(F)c(NCC(CO)CO)n3)c(Cl)cn2)CC1. The number of aliphatic hydroxyl groups is 2. The second kappa shape index (κ2) is 13.2. The fourth-order valence-corrected chi connectivity index (χ4v) is 4.37. The average Bonchev–Trinajstić information content (AvgIpc) is 2.83. The Morgan fingerprint density at radius 3 is 2.56 bits per heavy atom. The van der Waals surface area contributed by atoms with Crippen LogP contribution in [0.5, 0.6) is 0 Å². The van der Waals surface area contributed by atoms with Crippen molar-refractivity contribution in [3.8, 4) is 11.3 Å². The monoisotopic (exact) mass is 495 g/mol. The number of nitrogens with zero attached hydrogens (tertiary/aromatic N) is 2. The van der Waals surface area contributed by atoms with Gasteiger partial charge in [0.2, 0.25) is 0 Å². The van der Waals surface area contributed by atoms with Crippen LogP contribution in [0.3, 0.4) is 0 Å². The van der Waals surface area contributed by atoms with Crippen molar-refractivity contribution in [1.82, 2.24) is 15.3 Å². The molecule has 1 saturated carbocycles. The Kier molecular flexibility index (Phi) is 10.3. The van der Waals surface area contributed by atoms with Crippen LogP contribution in [0.15, 0.2) is 24.4 Å². The van der Waals surface area contributed by atoms with E-state index in [0.29, 0.717) is 46.8 Å². The minimum absolute atomic E-state index is 0.0420. The third kappa shape index (κ3) is 7.48. The zero-order valence-corrected chi connectivity index (χ0v) is 20.5. The van der Waals surface area contributed by atoms with Gasteiger partial charge in [0.1, 0.15) is 5.82 Å². The molecule has 1 atom stereocenters. The Morgan fingerprint density at radius 1 is 1.18 bits per heavy atom. The summed E-state index contributed by atoms with van der Waals surface area (Å²) in [5.74, 6) is -0.184. The van der Waals surface area contributed by atoms with Crippen LogP contribution in [0.4, 0.5) is 16.0 Å². The van der Waals surface area contributed by atoms with E-state index in [4.69, 9.17) is 16.3 Å². The lowest BCUT2D eigenvalue weighted by molar-refractivity contribution is 0.157. The van der Waals surface area contributed by atoms with E-state index in [1.807, 2.05) is 6.07 Å². The van der Waals surface area contributed by atoms with Crippen molar-refractivity contribution in [3.05, 3.63) is 35.2 Å².